The minimum atomic E-state index is -3.06. The topological polar surface area (TPSA) is 46.2 Å². The first-order valence-corrected chi connectivity index (χ1v) is 9.62. The van der Waals surface area contributed by atoms with Crippen LogP contribution in [0, 0.1) is 5.92 Å². The lowest BCUT2D eigenvalue weighted by atomic mass is 9.84. The Morgan fingerprint density at radius 2 is 1.68 bits per heavy atom. The zero-order chi connectivity index (χ0) is 14.5. The highest BCUT2D eigenvalue weighted by Gasteiger charge is 2.42. The van der Waals surface area contributed by atoms with E-state index in [2.05, 4.69) is 12.2 Å². The van der Waals surface area contributed by atoms with Crippen molar-refractivity contribution in [3.05, 3.63) is 0 Å². The van der Waals surface area contributed by atoms with Crippen LogP contribution in [0.3, 0.4) is 0 Å². The third-order valence-corrected chi connectivity index (χ3v) is 6.86. The number of nitrogens with one attached hydrogen (secondary N) is 1. The zero-order valence-corrected chi connectivity index (χ0v) is 13.9. The first-order chi connectivity index (χ1) is 8.80. The normalized spacial score (nSPS) is 21.1. The van der Waals surface area contributed by atoms with E-state index in [0.29, 0.717) is 5.92 Å². The lowest BCUT2D eigenvalue weighted by Crippen LogP contribution is -2.55. The first-order valence-electron chi connectivity index (χ1n) is 7.73. The van der Waals surface area contributed by atoms with Crippen LogP contribution >= 0.6 is 0 Å². The first kappa shape index (κ1) is 17.0. The van der Waals surface area contributed by atoms with Crippen molar-refractivity contribution in [3.8, 4) is 0 Å². The second-order valence-corrected chi connectivity index (χ2v) is 9.16. The largest absolute Gasteiger partial charge is 0.312 e. The number of hydrogen-bond acceptors (Lipinski definition) is 3. The van der Waals surface area contributed by atoms with E-state index >= 15 is 0 Å². The molecule has 0 aliphatic heterocycles. The van der Waals surface area contributed by atoms with Crippen LogP contribution in [-0.4, -0.2) is 32.0 Å². The van der Waals surface area contributed by atoms with Crippen LogP contribution in [0.25, 0.3) is 0 Å². The average molecular weight is 289 g/mol. The molecule has 0 spiro atoms. The molecule has 0 bridgehead atoms. The third kappa shape index (κ3) is 4.45. The van der Waals surface area contributed by atoms with Gasteiger partial charge in [-0.25, -0.2) is 8.42 Å². The van der Waals surface area contributed by atoms with Gasteiger partial charge in [0.1, 0.15) is 0 Å². The Hall–Kier alpha value is -0.0900. The fourth-order valence-corrected chi connectivity index (χ4v) is 3.89. The summed E-state index contributed by atoms with van der Waals surface area (Å²) in [6.07, 6.45) is 9.85. The Morgan fingerprint density at radius 1 is 1.16 bits per heavy atom. The monoisotopic (exact) mass is 289 g/mol. The molecule has 1 atom stereocenters. The zero-order valence-electron chi connectivity index (χ0n) is 13.0. The molecule has 4 heteroatoms. The molecule has 1 aliphatic rings. The van der Waals surface area contributed by atoms with E-state index < -0.39 is 14.6 Å². The van der Waals surface area contributed by atoms with Crippen LogP contribution in [0.1, 0.15) is 65.7 Å². The molecule has 0 aromatic carbocycles. The van der Waals surface area contributed by atoms with Gasteiger partial charge in [0.25, 0.3) is 0 Å². The Labute approximate surface area is 119 Å². The van der Waals surface area contributed by atoms with Crippen molar-refractivity contribution in [1.29, 1.82) is 0 Å². The predicted octanol–water partition coefficient (Wildman–Crippen LogP) is 3.15. The Balaban J connectivity index is 2.92. The molecular formula is C15H31NO2S. The Bertz CT molecular complexity index is 354. The average Bonchev–Trinajstić information content (AvgIpc) is 2.56. The van der Waals surface area contributed by atoms with Crippen molar-refractivity contribution >= 4 is 9.84 Å². The summed E-state index contributed by atoms with van der Waals surface area (Å²) in [5, 5.41) is 3.53. The van der Waals surface area contributed by atoms with Gasteiger partial charge in [0.2, 0.25) is 0 Å². The molecule has 3 nitrogen and oxygen atoms in total. The molecule has 0 radical (unpaired) electrons. The summed E-state index contributed by atoms with van der Waals surface area (Å²) < 4.78 is 23.6. The molecule has 1 rings (SSSR count). The second-order valence-electron chi connectivity index (χ2n) is 6.56. The molecule has 0 aromatic heterocycles. The van der Waals surface area contributed by atoms with Gasteiger partial charge in [0.15, 0.2) is 9.84 Å². The van der Waals surface area contributed by atoms with Gasteiger partial charge in [0, 0.05) is 12.3 Å². The fourth-order valence-electron chi connectivity index (χ4n) is 3.15. The van der Waals surface area contributed by atoms with Gasteiger partial charge in [0.05, 0.1) is 4.75 Å². The standard InChI is InChI=1S/C15H31NO2S/c1-5-12-16-14(15(2,3)19(4,17)18)13-10-8-6-7-9-11-13/h13-14,16H,5-12H2,1-4H3. The Morgan fingerprint density at radius 3 is 2.11 bits per heavy atom. The molecular weight excluding hydrogens is 258 g/mol. The molecule has 1 unspecified atom stereocenters. The summed E-state index contributed by atoms with van der Waals surface area (Å²) in [7, 11) is -3.06. The summed E-state index contributed by atoms with van der Waals surface area (Å²) in [4.78, 5) is 0. The van der Waals surface area contributed by atoms with Crippen molar-refractivity contribution in [2.45, 2.75) is 76.5 Å². The highest BCUT2D eigenvalue weighted by Crippen LogP contribution is 2.33. The van der Waals surface area contributed by atoms with Crippen LogP contribution in [0.5, 0.6) is 0 Å². The van der Waals surface area contributed by atoms with Gasteiger partial charge in [-0.15, -0.1) is 0 Å². The molecule has 1 aliphatic carbocycles. The van der Waals surface area contributed by atoms with E-state index in [9.17, 15) is 8.42 Å². The summed E-state index contributed by atoms with van der Waals surface area (Å²) >= 11 is 0. The number of hydrogen-bond donors (Lipinski definition) is 1. The highest BCUT2D eigenvalue weighted by atomic mass is 32.2. The second kappa shape index (κ2) is 7.07. The van der Waals surface area contributed by atoms with Crippen LogP contribution in [0.15, 0.2) is 0 Å². The van der Waals surface area contributed by atoms with Crippen LogP contribution in [0.2, 0.25) is 0 Å². The van der Waals surface area contributed by atoms with Gasteiger partial charge in [-0.05, 0) is 45.6 Å². The molecule has 0 heterocycles. The van der Waals surface area contributed by atoms with Crippen LogP contribution < -0.4 is 5.32 Å². The van der Waals surface area contributed by atoms with Gasteiger partial charge in [-0.1, -0.05) is 32.6 Å². The van der Waals surface area contributed by atoms with Crippen molar-refractivity contribution in [2.75, 3.05) is 12.8 Å². The summed E-state index contributed by atoms with van der Waals surface area (Å²) in [5.41, 5.74) is 0. The molecule has 0 saturated heterocycles. The van der Waals surface area contributed by atoms with Crippen molar-refractivity contribution in [3.63, 3.8) is 0 Å². The SMILES string of the molecule is CCCNC(C1CCCCCC1)C(C)(C)S(C)(=O)=O. The van der Waals surface area contributed by atoms with E-state index in [-0.39, 0.29) is 6.04 Å². The minimum Gasteiger partial charge on any atom is -0.312 e. The van der Waals surface area contributed by atoms with Crippen LogP contribution in [0.4, 0.5) is 0 Å². The smallest absolute Gasteiger partial charge is 0.154 e. The van der Waals surface area contributed by atoms with Gasteiger partial charge < -0.3 is 5.32 Å². The van der Waals surface area contributed by atoms with Crippen molar-refractivity contribution < 1.29 is 8.42 Å². The summed E-state index contributed by atoms with van der Waals surface area (Å²) in [5.74, 6) is 0.499. The van der Waals surface area contributed by atoms with Gasteiger partial charge >= 0.3 is 0 Å². The summed E-state index contributed by atoms with van der Waals surface area (Å²) in [6, 6.07) is 0.0838. The lowest BCUT2D eigenvalue weighted by molar-refractivity contribution is 0.270. The van der Waals surface area contributed by atoms with Gasteiger partial charge in [-0.3, -0.25) is 0 Å². The lowest BCUT2D eigenvalue weighted by Gasteiger charge is -2.39. The Kier molecular flexibility index (Phi) is 6.31. The quantitative estimate of drug-likeness (QED) is 0.764. The number of rotatable bonds is 6. The minimum absolute atomic E-state index is 0.0838. The maximum atomic E-state index is 12.1. The maximum Gasteiger partial charge on any atom is 0.154 e. The van der Waals surface area contributed by atoms with E-state index in [1.807, 2.05) is 13.8 Å². The predicted molar refractivity (Wildman–Crippen MR) is 82.2 cm³/mol. The summed E-state index contributed by atoms with van der Waals surface area (Å²) in [6.45, 7) is 6.81. The van der Waals surface area contributed by atoms with Crippen molar-refractivity contribution in [1.82, 2.24) is 5.32 Å². The van der Waals surface area contributed by atoms with Crippen molar-refractivity contribution in [2.24, 2.45) is 5.92 Å². The van der Waals surface area contributed by atoms with E-state index in [1.165, 1.54) is 44.8 Å². The maximum absolute atomic E-state index is 12.1. The highest BCUT2D eigenvalue weighted by molar-refractivity contribution is 7.92. The molecule has 19 heavy (non-hydrogen) atoms. The molecule has 0 amide bonds. The van der Waals surface area contributed by atoms with Gasteiger partial charge in [-0.2, -0.15) is 0 Å². The van der Waals surface area contributed by atoms with E-state index in [0.717, 1.165) is 13.0 Å². The molecule has 1 fully saturated rings. The molecule has 1 saturated carbocycles. The third-order valence-electron chi connectivity index (χ3n) is 4.69. The fraction of sp³-hybridized carbons (Fsp3) is 1.00. The van der Waals surface area contributed by atoms with Crippen LogP contribution in [-0.2, 0) is 9.84 Å². The molecule has 114 valence electrons. The number of sulfone groups is 1. The van der Waals surface area contributed by atoms with E-state index in [1.54, 1.807) is 0 Å². The molecule has 1 N–H and O–H groups in total. The molecule has 0 aromatic rings. The van der Waals surface area contributed by atoms with E-state index in [4.69, 9.17) is 0 Å².